The van der Waals surface area contributed by atoms with Crippen molar-refractivity contribution < 1.29 is 0 Å². The van der Waals surface area contributed by atoms with E-state index in [-0.39, 0.29) is 0 Å². The summed E-state index contributed by atoms with van der Waals surface area (Å²) in [6.07, 6.45) is 3.73. The molecule has 202 valence electrons. The maximum Gasteiger partial charge on any atom is 0.0963 e. The third kappa shape index (κ3) is 3.86. The van der Waals surface area contributed by atoms with Gasteiger partial charge in [-0.1, -0.05) is 44.0 Å². The van der Waals surface area contributed by atoms with Crippen molar-refractivity contribution in [2.75, 3.05) is 0 Å². The van der Waals surface area contributed by atoms with E-state index in [1.165, 1.54) is 22.3 Å². The van der Waals surface area contributed by atoms with Crippen molar-refractivity contribution in [2.45, 2.75) is 13.8 Å². The van der Waals surface area contributed by atoms with Crippen LogP contribution in [0, 0.1) is 13.8 Å². The number of pyridine rings is 2. The highest BCUT2D eigenvalue weighted by molar-refractivity contribution is 9.10. The molecule has 8 rings (SSSR count). The first-order valence-electron chi connectivity index (χ1n) is 13.8. The number of benzene rings is 4. The third-order valence-corrected chi connectivity index (χ3v) is 9.18. The average Bonchev–Trinajstić information content (AvgIpc) is 3.49. The molecule has 0 atom stereocenters. The van der Waals surface area contributed by atoms with E-state index in [0.717, 1.165) is 64.2 Å². The standard InChI is InChI=1S/C36H24Br2N4/c1-21-17-25(41-31-13-7-23(37)19-29(31)35-33(41)5-3-15-39-35)9-11-27(21)28-12-10-26(18-22(28)2)42-32-14-8-24(38)20-30(32)36-34(42)6-4-16-40-36/h3-20H,1-2H3. The van der Waals surface area contributed by atoms with Gasteiger partial charge < -0.3 is 9.13 Å². The van der Waals surface area contributed by atoms with E-state index in [1.807, 2.05) is 24.5 Å². The minimum atomic E-state index is 1.01. The Bertz CT molecular complexity index is 2200. The molecule has 0 saturated carbocycles. The molecule has 0 radical (unpaired) electrons. The van der Waals surface area contributed by atoms with Gasteiger partial charge in [-0.2, -0.15) is 0 Å². The van der Waals surface area contributed by atoms with E-state index in [1.54, 1.807) is 0 Å². The van der Waals surface area contributed by atoms with E-state index in [2.05, 4.69) is 140 Å². The predicted octanol–water partition coefficient (Wildman–Crippen LogP) is 10.5. The minimum Gasteiger partial charge on any atom is -0.308 e. The van der Waals surface area contributed by atoms with Crippen LogP contribution in [-0.4, -0.2) is 19.1 Å². The molecule has 0 aliphatic rings. The first-order chi connectivity index (χ1) is 20.5. The first kappa shape index (κ1) is 25.5. The summed E-state index contributed by atoms with van der Waals surface area (Å²) in [6.45, 7) is 4.40. The molecule has 42 heavy (non-hydrogen) atoms. The smallest absolute Gasteiger partial charge is 0.0963 e. The Labute approximate surface area is 259 Å². The first-order valence-corrected chi connectivity index (χ1v) is 15.4. The Morgan fingerprint density at radius 2 is 0.952 bits per heavy atom. The molecule has 4 aromatic heterocycles. The van der Waals surface area contributed by atoms with Gasteiger partial charge in [-0.3, -0.25) is 9.97 Å². The lowest BCUT2D eigenvalue weighted by molar-refractivity contribution is 1.16. The number of hydrogen-bond acceptors (Lipinski definition) is 2. The molecule has 0 N–H and O–H groups in total. The maximum absolute atomic E-state index is 4.72. The second-order valence-electron chi connectivity index (χ2n) is 10.7. The molecule has 0 aliphatic heterocycles. The zero-order chi connectivity index (χ0) is 28.5. The van der Waals surface area contributed by atoms with Crippen molar-refractivity contribution in [1.29, 1.82) is 0 Å². The van der Waals surface area contributed by atoms with Crippen LogP contribution in [0.5, 0.6) is 0 Å². The fourth-order valence-electron chi connectivity index (χ4n) is 6.35. The monoisotopic (exact) mass is 670 g/mol. The van der Waals surface area contributed by atoms with Crippen LogP contribution in [0.2, 0.25) is 0 Å². The van der Waals surface area contributed by atoms with Crippen molar-refractivity contribution in [3.8, 4) is 22.5 Å². The second kappa shape index (κ2) is 9.65. The Balaban J connectivity index is 1.25. The summed E-state index contributed by atoms with van der Waals surface area (Å²) >= 11 is 7.28. The molecule has 0 fully saturated rings. The van der Waals surface area contributed by atoms with Gasteiger partial charge in [-0.15, -0.1) is 0 Å². The highest BCUT2D eigenvalue weighted by Gasteiger charge is 2.17. The summed E-state index contributed by atoms with van der Waals surface area (Å²) in [5, 5.41) is 2.28. The Morgan fingerprint density at radius 3 is 1.38 bits per heavy atom. The molecule has 0 aliphatic carbocycles. The molecule has 6 heteroatoms. The fourth-order valence-corrected chi connectivity index (χ4v) is 7.07. The Hall–Kier alpha value is -4.26. The lowest BCUT2D eigenvalue weighted by Crippen LogP contribution is -1.98. The highest BCUT2D eigenvalue weighted by atomic mass is 79.9. The van der Waals surface area contributed by atoms with Crippen molar-refractivity contribution in [3.63, 3.8) is 0 Å². The van der Waals surface area contributed by atoms with Crippen molar-refractivity contribution in [3.05, 3.63) is 130 Å². The van der Waals surface area contributed by atoms with Gasteiger partial charge in [0.1, 0.15) is 0 Å². The summed E-state index contributed by atoms with van der Waals surface area (Å²) in [7, 11) is 0. The summed E-state index contributed by atoms with van der Waals surface area (Å²) in [5.41, 5.74) is 13.7. The molecular weight excluding hydrogens is 648 g/mol. The predicted molar refractivity (Wildman–Crippen MR) is 181 cm³/mol. The number of aryl methyl sites for hydroxylation is 2. The zero-order valence-electron chi connectivity index (χ0n) is 22.9. The van der Waals surface area contributed by atoms with E-state index in [0.29, 0.717) is 0 Å². The van der Waals surface area contributed by atoms with E-state index in [9.17, 15) is 0 Å². The molecule has 8 aromatic rings. The number of hydrogen-bond donors (Lipinski definition) is 0. The quantitative estimate of drug-likeness (QED) is 0.187. The van der Waals surface area contributed by atoms with Crippen LogP contribution in [0.4, 0.5) is 0 Å². The Kier molecular flexibility index (Phi) is 5.85. The molecule has 0 unspecified atom stereocenters. The summed E-state index contributed by atoms with van der Waals surface area (Å²) in [4.78, 5) is 9.43. The SMILES string of the molecule is Cc1cc(-n2c3ccc(Br)cc3c3ncccc32)ccc1-c1ccc(-n2c3ccc(Br)cc3c3ncccc32)cc1C. The number of nitrogens with zero attached hydrogens (tertiary/aromatic N) is 4. The van der Waals surface area contributed by atoms with Crippen molar-refractivity contribution >= 4 is 75.7 Å². The Morgan fingerprint density at radius 1 is 0.500 bits per heavy atom. The van der Waals surface area contributed by atoms with E-state index < -0.39 is 0 Å². The molecule has 0 bridgehead atoms. The van der Waals surface area contributed by atoms with Gasteiger partial charge in [-0.25, -0.2) is 0 Å². The van der Waals surface area contributed by atoms with Crippen LogP contribution >= 0.6 is 31.9 Å². The summed E-state index contributed by atoms with van der Waals surface area (Å²) < 4.78 is 6.72. The van der Waals surface area contributed by atoms with Gasteiger partial charge in [-0.05, 0) is 121 Å². The summed E-state index contributed by atoms with van der Waals surface area (Å²) in [6, 6.07) is 34.6. The van der Waals surface area contributed by atoms with Gasteiger partial charge in [0.25, 0.3) is 0 Å². The van der Waals surface area contributed by atoms with Gasteiger partial charge in [0.05, 0.1) is 33.1 Å². The van der Waals surface area contributed by atoms with Crippen LogP contribution in [-0.2, 0) is 0 Å². The average molecular weight is 672 g/mol. The molecule has 4 nitrogen and oxygen atoms in total. The lowest BCUT2D eigenvalue weighted by Gasteiger charge is -2.15. The van der Waals surface area contributed by atoms with E-state index >= 15 is 0 Å². The zero-order valence-corrected chi connectivity index (χ0v) is 26.1. The second-order valence-corrected chi connectivity index (χ2v) is 12.6. The molecule has 0 saturated heterocycles. The maximum atomic E-state index is 4.72. The fraction of sp³-hybridized carbons (Fsp3) is 0.0556. The third-order valence-electron chi connectivity index (χ3n) is 8.19. The number of halogens is 2. The molecule has 0 spiro atoms. The van der Waals surface area contributed by atoms with Crippen LogP contribution in [0.25, 0.3) is 66.4 Å². The summed E-state index contributed by atoms with van der Waals surface area (Å²) in [5.74, 6) is 0. The molecule has 0 amide bonds. The molecular formula is C36H24Br2N4. The number of rotatable bonds is 3. The van der Waals surface area contributed by atoms with Crippen molar-refractivity contribution in [2.24, 2.45) is 0 Å². The van der Waals surface area contributed by atoms with Gasteiger partial charge in [0.2, 0.25) is 0 Å². The van der Waals surface area contributed by atoms with Gasteiger partial charge >= 0.3 is 0 Å². The molecule has 4 heterocycles. The number of aromatic nitrogens is 4. The normalized spacial score (nSPS) is 11.8. The van der Waals surface area contributed by atoms with E-state index in [4.69, 9.17) is 9.97 Å². The lowest BCUT2D eigenvalue weighted by atomic mass is 9.95. The highest BCUT2D eigenvalue weighted by Crippen LogP contribution is 2.37. The van der Waals surface area contributed by atoms with Crippen LogP contribution < -0.4 is 0 Å². The van der Waals surface area contributed by atoms with Gasteiger partial charge in [0.15, 0.2) is 0 Å². The van der Waals surface area contributed by atoms with Crippen LogP contribution in [0.15, 0.2) is 118 Å². The topological polar surface area (TPSA) is 35.6 Å². The van der Waals surface area contributed by atoms with Crippen LogP contribution in [0.1, 0.15) is 11.1 Å². The number of fused-ring (bicyclic) bond motifs is 6. The molecule has 4 aromatic carbocycles. The van der Waals surface area contributed by atoms with Crippen LogP contribution in [0.3, 0.4) is 0 Å². The van der Waals surface area contributed by atoms with Crippen molar-refractivity contribution in [1.82, 2.24) is 19.1 Å². The largest absolute Gasteiger partial charge is 0.308 e. The van der Waals surface area contributed by atoms with Gasteiger partial charge in [0, 0.05) is 43.5 Å². The minimum absolute atomic E-state index is 1.01.